The largest absolute Gasteiger partial charge is 0.497 e. The van der Waals surface area contributed by atoms with Gasteiger partial charge >= 0.3 is 5.97 Å². The first kappa shape index (κ1) is 13.7. The summed E-state index contributed by atoms with van der Waals surface area (Å²) in [5, 5.41) is 8.98. The van der Waals surface area contributed by atoms with Crippen molar-refractivity contribution in [1.82, 2.24) is 4.57 Å². The molecule has 0 spiro atoms. The lowest BCUT2D eigenvalue weighted by molar-refractivity contribution is 0.0694. The molecular formula is C14H13NO5. The summed E-state index contributed by atoms with van der Waals surface area (Å²) in [6, 6.07) is 7.67. The molecule has 1 aromatic heterocycles. The van der Waals surface area contributed by atoms with Crippen molar-refractivity contribution < 1.29 is 19.4 Å². The van der Waals surface area contributed by atoms with E-state index in [4.69, 9.17) is 14.6 Å². The summed E-state index contributed by atoms with van der Waals surface area (Å²) in [5.74, 6) is -0.279. The highest BCUT2D eigenvalue weighted by Crippen LogP contribution is 2.26. The molecule has 6 heteroatoms. The summed E-state index contributed by atoms with van der Waals surface area (Å²) < 4.78 is 11.5. The first-order chi connectivity index (χ1) is 9.58. The van der Waals surface area contributed by atoms with Gasteiger partial charge in [0.1, 0.15) is 17.1 Å². The number of carboxylic acid groups (broad SMARTS) is 1. The van der Waals surface area contributed by atoms with E-state index in [2.05, 4.69) is 0 Å². The maximum absolute atomic E-state index is 12.1. The van der Waals surface area contributed by atoms with Crippen LogP contribution in [-0.4, -0.2) is 29.9 Å². The van der Waals surface area contributed by atoms with E-state index >= 15 is 0 Å². The summed E-state index contributed by atoms with van der Waals surface area (Å²) >= 11 is 0. The maximum atomic E-state index is 12.1. The molecule has 0 radical (unpaired) electrons. The smallest absolute Gasteiger partial charge is 0.341 e. The van der Waals surface area contributed by atoms with Crippen LogP contribution < -0.4 is 15.0 Å². The average Bonchev–Trinajstić information content (AvgIpc) is 2.46. The first-order valence-corrected chi connectivity index (χ1v) is 5.76. The Balaban J connectivity index is 2.66. The number of aromatic nitrogens is 1. The van der Waals surface area contributed by atoms with Crippen molar-refractivity contribution in [2.45, 2.75) is 0 Å². The molecule has 2 rings (SSSR count). The fraction of sp³-hybridized carbons (Fsp3) is 0.143. The van der Waals surface area contributed by atoms with Gasteiger partial charge in [-0.2, -0.15) is 0 Å². The van der Waals surface area contributed by atoms with E-state index in [-0.39, 0.29) is 5.56 Å². The number of benzene rings is 1. The Morgan fingerprint density at radius 1 is 1.20 bits per heavy atom. The molecule has 0 fully saturated rings. The molecular weight excluding hydrogens is 262 g/mol. The molecule has 104 valence electrons. The van der Waals surface area contributed by atoms with Gasteiger partial charge in [-0.1, -0.05) is 0 Å². The summed E-state index contributed by atoms with van der Waals surface area (Å²) in [7, 11) is 2.98. The normalized spacial score (nSPS) is 10.1. The third kappa shape index (κ3) is 2.35. The second-order valence-corrected chi connectivity index (χ2v) is 3.94. The number of hydrogen-bond acceptors (Lipinski definition) is 4. The highest BCUT2D eigenvalue weighted by atomic mass is 16.5. The minimum Gasteiger partial charge on any atom is -0.497 e. The van der Waals surface area contributed by atoms with E-state index in [1.54, 1.807) is 18.2 Å². The molecule has 0 aliphatic heterocycles. The number of hydrogen-bond donors (Lipinski definition) is 1. The lowest BCUT2D eigenvalue weighted by Gasteiger charge is -2.12. The molecule has 0 bridgehead atoms. The summed E-state index contributed by atoms with van der Waals surface area (Å²) in [5.41, 5.74) is -0.477. The fourth-order valence-electron chi connectivity index (χ4n) is 1.83. The van der Waals surface area contributed by atoms with E-state index < -0.39 is 11.5 Å². The molecule has 1 heterocycles. The Morgan fingerprint density at radius 2 is 1.95 bits per heavy atom. The zero-order chi connectivity index (χ0) is 14.7. The van der Waals surface area contributed by atoms with Gasteiger partial charge in [0, 0.05) is 12.3 Å². The van der Waals surface area contributed by atoms with E-state index in [0.717, 1.165) is 0 Å². The van der Waals surface area contributed by atoms with E-state index in [9.17, 15) is 9.59 Å². The van der Waals surface area contributed by atoms with Crippen LogP contribution in [0.2, 0.25) is 0 Å². The Hall–Kier alpha value is -2.76. The van der Waals surface area contributed by atoms with Crippen LogP contribution in [0.25, 0.3) is 5.69 Å². The quantitative estimate of drug-likeness (QED) is 0.916. The predicted molar refractivity (Wildman–Crippen MR) is 72.1 cm³/mol. The number of methoxy groups -OCH3 is 2. The number of pyridine rings is 1. The molecule has 0 saturated carbocycles. The van der Waals surface area contributed by atoms with Crippen LogP contribution >= 0.6 is 0 Å². The molecule has 0 unspecified atom stereocenters. The molecule has 0 amide bonds. The number of carbonyl (C=O) groups is 1. The van der Waals surface area contributed by atoms with E-state index in [0.29, 0.717) is 17.2 Å². The number of rotatable bonds is 4. The van der Waals surface area contributed by atoms with Gasteiger partial charge in [-0.15, -0.1) is 0 Å². The first-order valence-electron chi connectivity index (χ1n) is 5.76. The monoisotopic (exact) mass is 275 g/mol. The van der Waals surface area contributed by atoms with Gasteiger partial charge in [0.25, 0.3) is 5.56 Å². The SMILES string of the molecule is COc1ccc(-n2cccc(C(=O)O)c2=O)c(OC)c1. The Morgan fingerprint density at radius 3 is 2.55 bits per heavy atom. The predicted octanol–water partition coefficient (Wildman–Crippen LogP) is 1.55. The average molecular weight is 275 g/mol. The van der Waals surface area contributed by atoms with Crippen LogP contribution in [0.5, 0.6) is 11.5 Å². The third-order valence-corrected chi connectivity index (χ3v) is 2.82. The number of nitrogens with zero attached hydrogens (tertiary/aromatic N) is 1. The summed E-state index contributed by atoms with van der Waals surface area (Å²) in [6.07, 6.45) is 1.49. The zero-order valence-electron chi connectivity index (χ0n) is 11.0. The molecule has 0 aliphatic carbocycles. The molecule has 0 saturated heterocycles. The van der Waals surface area contributed by atoms with Crippen molar-refractivity contribution in [2.75, 3.05) is 14.2 Å². The number of ether oxygens (including phenoxy) is 2. The van der Waals surface area contributed by atoms with Gasteiger partial charge < -0.3 is 14.6 Å². The standard InChI is InChI=1S/C14H13NO5/c1-19-9-5-6-11(12(8-9)20-2)15-7-3-4-10(13(15)16)14(17)18/h3-8H,1-2H3,(H,17,18). The van der Waals surface area contributed by atoms with Gasteiger partial charge in [-0.3, -0.25) is 9.36 Å². The van der Waals surface area contributed by atoms with Gasteiger partial charge in [0.05, 0.1) is 19.9 Å². The molecule has 1 aromatic carbocycles. The van der Waals surface area contributed by atoms with Gasteiger partial charge in [-0.05, 0) is 24.3 Å². The van der Waals surface area contributed by atoms with Crippen molar-refractivity contribution in [3.63, 3.8) is 0 Å². The van der Waals surface area contributed by atoms with Crippen LogP contribution in [0.1, 0.15) is 10.4 Å². The van der Waals surface area contributed by atoms with Gasteiger partial charge in [0.15, 0.2) is 0 Å². The highest BCUT2D eigenvalue weighted by molar-refractivity contribution is 5.87. The Kier molecular flexibility index (Phi) is 3.74. The summed E-state index contributed by atoms with van der Waals surface area (Å²) in [4.78, 5) is 23.1. The topological polar surface area (TPSA) is 77.8 Å². The second-order valence-electron chi connectivity index (χ2n) is 3.94. The Bertz CT molecular complexity index is 705. The lowest BCUT2D eigenvalue weighted by Crippen LogP contribution is -2.24. The van der Waals surface area contributed by atoms with Crippen LogP contribution in [-0.2, 0) is 0 Å². The molecule has 20 heavy (non-hydrogen) atoms. The van der Waals surface area contributed by atoms with Crippen molar-refractivity contribution in [1.29, 1.82) is 0 Å². The minimum atomic E-state index is -1.27. The summed E-state index contributed by atoms with van der Waals surface area (Å²) in [6.45, 7) is 0. The second kappa shape index (κ2) is 5.48. The minimum absolute atomic E-state index is 0.301. The fourth-order valence-corrected chi connectivity index (χ4v) is 1.83. The van der Waals surface area contributed by atoms with Crippen LogP contribution in [0.4, 0.5) is 0 Å². The van der Waals surface area contributed by atoms with Crippen molar-refractivity contribution in [2.24, 2.45) is 0 Å². The van der Waals surface area contributed by atoms with Gasteiger partial charge in [-0.25, -0.2) is 4.79 Å². The lowest BCUT2D eigenvalue weighted by atomic mass is 10.2. The third-order valence-electron chi connectivity index (χ3n) is 2.82. The maximum Gasteiger partial charge on any atom is 0.341 e. The number of carboxylic acids is 1. The van der Waals surface area contributed by atoms with Crippen LogP contribution in [0, 0.1) is 0 Å². The zero-order valence-corrected chi connectivity index (χ0v) is 11.0. The molecule has 0 atom stereocenters. The van der Waals surface area contributed by atoms with Crippen LogP contribution in [0.3, 0.4) is 0 Å². The van der Waals surface area contributed by atoms with E-state index in [1.165, 1.54) is 37.1 Å². The van der Waals surface area contributed by atoms with Crippen LogP contribution in [0.15, 0.2) is 41.3 Å². The van der Waals surface area contributed by atoms with Crippen molar-refractivity contribution in [3.8, 4) is 17.2 Å². The Labute approximate surface area is 114 Å². The molecule has 1 N–H and O–H groups in total. The molecule has 0 aliphatic rings. The highest BCUT2D eigenvalue weighted by Gasteiger charge is 2.14. The number of aromatic carboxylic acids is 1. The van der Waals surface area contributed by atoms with Gasteiger partial charge in [0.2, 0.25) is 0 Å². The van der Waals surface area contributed by atoms with Crippen molar-refractivity contribution in [3.05, 3.63) is 52.4 Å². The molecule has 2 aromatic rings. The van der Waals surface area contributed by atoms with Crippen molar-refractivity contribution >= 4 is 5.97 Å². The van der Waals surface area contributed by atoms with E-state index in [1.807, 2.05) is 0 Å². The molecule has 6 nitrogen and oxygen atoms in total.